The minimum atomic E-state index is -0.196. The summed E-state index contributed by atoms with van der Waals surface area (Å²) in [6, 6.07) is 21.4. The minimum absolute atomic E-state index is 0.196. The second kappa shape index (κ2) is 10.4. The van der Waals surface area contributed by atoms with Crippen molar-refractivity contribution in [3.8, 4) is 11.5 Å². The summed E-state index contributed by atoms with van der Waals surface area (Å²) < 4.78 is 10.6. The Hall–Kier alpha value is -3.60. The number of ether oxygens (including phenoxy) is 2. The molecule has 160 valence electrons. The van der Waals surface area contributed by atoms with E-state index in [-0.39, 0.29) is 5.91 Å². The van der Waals surface area contributed by atoms with Crippen LogP contribution < -0.4 is 14.8 Å². The monoisotopic (exact) mass is 416 g/mol. The summed E-state index contributed by atoms with van der Waals surface area (Å²) in [7, 11) is 3.22. The number of hydrogen-bond donors (Lipinski definition) is 1. The Labute approximate surface area is 183 Å². The highest BCUT2D eigenvalue weighted by Crippen LogP contribution is 2.27. The second-order valence-corrected chi connectivity index (χ2v) is 7.31. The van der Waals surface area contributed by atoms with Crippen LogP contribution in [0.25, 0.3) is 0 Å². The van der Waals surface area contributed by atoms with Crippen LogP contribution in [0.4, 0.5) is 5.69 Å². The van der Waals surface area contributed by atoms with Crippen molar-refractivity contribution < 1.29 is 14.3 Å². The van der Waals surface area contributed by atoms with Crippen LogP contribution in [0.2, 0.25) is 0 Å². The van der Waals surface area contributed by atoms with Crippen LogP contribution in [0.1, 0.15) is 22.3 Å². The molecule has 0 aliphatic rings. The third-order valence-corrected chi connectivity index (χ3v) is 5.01. The molecule has 0 heterocycles. The van der Waals surface area contributed by atoms with E-state index in [2.05, 4.69) is 10.3 Å². The van der Waals surface area contributed by atoms with Crippen molar-refractivity contribution in [2.24, 2.45) is 4.99 Å². The molecule has 1 amide bonds. The van der Waals surface area contributed by atoms with Crippen molar-refractivity contribution in [3.05, 3.63) is 89.0 Å². The number of nitrogens with zero attached hydrogens (tertiary/aromatic N) is 1. The van der Waals surface area contributed by atoms with Crippen molar-refractivity contribution in [2.45, 2.75) is 20.3 Å². The van der Waals surface area contributed by atoms with Gasteiger partial charge in [-0.25, -0.2) is 4.99 Å². The molecule has 0 spiro atoms. The first-order valence-electron chi connectivity index (χ1n) is 10.2. The predicted molar refractivity (Wildman–Crippen MR) is 125 cm³/mol. The van der Waals surface area contributed by atoms with Crippen LogP contribution in [-0.2, 0) is 11.2 Å². The molecule has 0 saturated heterocycles. The molecule has 0 aromatic heterocycles. The van der Waals surface area contributed by atoms with Gasteiger partial charge in [-0.15, -0.1) is 0 Å². The Balaban J connectivity index is 1.79. The molecule has 3 aromatic carbocycles. The van der Waals surface area contributed by atoms with Crippen LogP contribution in [0, 0.1) is 13.8 Å². The largest absolute Gasteiger partial charge is 0.493 e. The van der Waals surface area contributed by atoms with Gasteiger partial charge in [0.25, 0.3) is 5.91 Å². The summed E-state index contributed by atoms with van der Waals surface area (Å²) in [5, 5.41) is 3.02. The molecule has 0 radical (unpaired) electrons. The summed E-state index contributed by atoms with van der Waals surface area (Å²) in [6.45, 7) is 4.48. The third-order valence-electron chi connectivity index (χ3n) is 5.01. The highest BCUT2D eigenvalue weighted by molar-refractivity contribution is 6.46. The van der Waals surface area contributed by atoms with Crippen LogP contribution in [-0.4, -0.2) is 32.4 Å². The number of methoxy groups -OCH3 is 2. The standard InChI is InChI=1S/C26H28N2O3/c1-18-10-11-19(2)22(16-18)25(28-21-8-6-5-7-9-21)26(29)27-15-14-20-12-13-23(30-3)24(17-20)31-4/h5-13,16-17H,14-15H2,1-4H3,(H,27,29). The lowest BCUT2D eigenvalue weighted by molar-refractivity contribution is -0.114. The summed E-state index contributed by atoms with van der Waals surface area (Å²) in [5.74, 6) is 1.16. The van der Waals surface area contributed by atoms with Gasteiger partial charge in [0.05, 0.1) is 19.9 Å². The molecule has 1 N–H and O–H groups in total. The second-order valence-electron chi connectivity index (χ2n) is 7.31. The van der Waals surface area contributed by atoms with E-state index in [1.807, 2.05) is 80.6 Å². The topological polar surface area (TPSA) is 59.9 Å². The minimum Gasteiger partial charge on any atom is -0.493 e. The zero-order valence-corrected chi connectivity index (χ0v) is 18.4. The van der Waals surface area contributed by atoms with Crippen molar-refractivity contribution in [1.82, 2.24) is 5.32 Å². The first-order chi connectivity index (χ1) is 15.0. The molecule has 5 heteroatoms. The van der Waals surface area contributed by atoms with Gasteiger partial charge in [0.1, 0.15) is 5.71 Å². The van der Waals surface area contributed by atoms with Crippen molar-refractivity contribution >= 4 is 17.3 Å². The smallest absolute Gasteiger partial charge is 0.270 e. The number of hydrogen-bond acceptors (Lipinski definition) is 4. The van der Waals surface area contributed by atoms with Crippen LogP contribution in [0.3, 0.4) is 0 Å². The fourth-order valence-electron chi connectivity index (χ4n) is 3.30. The zero-order valence-electron chi connectivity index (χ0n) is 18.4. The number of aryl methyl sites for hydroxylation is 2. The maximum atomic E-state index is 13.1. The average Bonchev–Trinajstić information content (AvgIpc) is 2.79. The Morgan fingerprint density at radius 2 is 1.65 bits per heavy atom. The van der Waals surface area contributed by atoms with Gasteiger partial charge >= 0.3 is 0 Å². The van der Waals surface area contributed by atoms with E-state index in [1.165, 1.54) is 0 Å². The Kier molecular flexibility index (Phi) is 7.44. The van der Waals surface area contributed by atoms with E-state index in [9.17, 15) is 4.79 Å². The Morgan fingerprint density at radius 1 is 0.903 bits per heavy atom. The van der Waals surface area contributed by atoms with Gasteiger partial charge in [-0.05, 0) is 61.7 Å². The number of nitrogens with one attached hydrogen (secondary N) is 1. The lowest BCUT2D eigenvalue weighted by Gasteiger charge is -2.13. The summed E-state index contributed by atoms with van der Waals surface area (Å²) >= 11 is 0. The molecule has 0 atom stereocenters. The van der Waals surface area contributed by atoms with E-state index in [0.717, 1.165) is 27.9 Å². The van der Waals surface area contributed by atoms with Gasteiger partial charge in [-0.3, -0.25) is 4.79 Å². The van der Waals surface area contributed by atoms with Crippen molar-refractivity contribution in [2.75, 3.05) is 20.8 Å². The van der Waals surface area contributed by atoms with E-state index in [0.29, 0.717) is 30.2 Å². The Morgan fingerprint density at radius 3 is 2.35 bits per heavy atom. The zero-order chi connectivity index (χ0) is 22.2. The molecule has 0 unspecified atom stereocenters. The normalized spacial score (nSPS) is 11.2. The first-order valence-corrected chi connectivity index (χ1v) is 10.2. The SMILES string of the molecule is COc1ccc(CCNC(=O)C(=Nc2ccccc2)c2cc(C)ccc2C)cc1OC. The van der Waals surface area contributed by atoms with Gasteiger partial charge in [0.2, 0.25) is 0 Å². The van der Waals surface area contributed by atoms with Crippen molar-refractivity contribution in [1.29, 1.82) is 0 Å². The molecule has 3 rings (SSSR count). The molecule has 0 saturated carbocycles. The summed E-state index contributed by atoms with van der Waals surface area (Å²) in [4.78, 5) is 17.8. The van der Waals surface area contributed by atoms with Gasteiger partial charge in [0, 0.05) is 12.1 Å². The molecule has 5 nitrogen and oxygen atoms in total. The predicted octanol–water partition coefficient (Wildman–Crippen LogP) is 4.80. The maximum absolute atomic E-state index is 13.1. The van der Waals surface area contributed by atoms with Crippen molar-refractivity contribution in [3.63, 3.8) is 0 Å². The van der Waals surface area contributed by atoms with Crippen LogP contribution >= 0.6 is 0 Å². The molecule has 3 aromatic rings. The first kappa shape index (κ1) is 22.1. The van der Waals surface area contributed by atoms with Crippen LogP contribution in [0.15, 0.2) is 71.7 Å². The van der Waals surface area contributed by atoms with E-state index >= 15 is 0 Å². The summed E-state index contributed by atoms with van der Waals surface area (Å²) in [6.07, 6.45) is 0.664. The highest BCUT2D eigenvalue weighted by Gasteiger charge is 2.17. The van der Waals surface area contributed by atoms with Gasteiger partial charge in [-0.2, -0.15) is 0 Å². The molecular weight excluding hydrogens is 388 g/mol. The van der Waals surface area contributed by atoms with Gasteiger partial charge < -0.3 is 14.8 Å². The lowest BCUT2D eigenvalue weighted by Crippen LogP contribution is -2.33. The van der Waals surface area contributed by atoms with Gasteiger partial charge in [0.15, 0.2) is 11.5 Å². The number of aliphatic imine (C=N–C) groups is 1. The number of benzene rings is 3. The van der Waals surface area contributed by atoms with Crippen LogP contribution in [0.5, 0.6) is 11.5 Å². The molecule has 0 bridgehead atoms. The summed E-state index contributed by atoms with van der Waals surface area (Å²) in [5.41, 5.74) is 5.14. The number of rotatable bonds is 8. The molecule has 31 heavy (non-hydrogen) atoms. The number of carbonyl (C=O) groups excluding carboxylic acids is 1. The van der Waals surface area contributed by atoms with E-state index in [4.69, 9.17) is 9.47 Å². The third kappa shape index (κ3) is 5.72. The molecule has 0 fully saturated rings. The molecule has 0 aliphatic heterocycles. The maximum Gasteiger partial charge on any atom is 0.270 e. The quantitative estimate of drug-likeness (QED) is 0.537. The van der Waals surface area contributed by atoms with Gasteiger partial charge in [-0.1, -0.05) is 42.0 Å². The lowest BCUT2D eigenvalue weighted by atomic mass is 10.0. The highest BCUT2D eigenvalue weighted by atomic mass is 16.5. The fraction of sp³-hybridized carbons (Fsp3) is 0.231. The Bertz CT molecular complexity index is 1080. The number of carbonyl (C=O) groups is 1. The number of amides is 1. The van der Waals surface area contributed by atoms with E-state index < -0.39 is 0 Å². The van der Waals surface area contributed by atoms with E-state index in [1.54, 1.807) is 14.2 Å². The fourth-order valence-corrected chi connectivity index (χ4v) is 3.30. The molecule has 0 aliphatic carbocycles. The molecular formula is C26H28N2O3. The number of para-hydroxylation sites is 1. The average molecular weight is 417 g/mol.